The summed E-state index contributed by atoms with van der Waals surface area (Å²) < 4.78 is 29.9. The molecule has 162 valence electrons. The Hall–Kier alpha value is -3.01. The minimum Gasteiger partial charge on any atom is -0.548 e. The molecule has 3 rings (SSSR count). The van der Waals surface area contributed by atoms with Crippen molar-refractivity contribution in [3.05, 3.63) is 11.6 Å². The maximum atomic E-state index is 13.0. The van der Waals surface area contributed by atoms with Gasteiger partial charge in [0.05, 0.1) is 29.3 Å². The predicted octanol–water partition coefficient (Wildman–Crippen LogP) is -5.00. The number of carboxylic acids is 2. The van der Waals surface area contributed by atoms with Crippen molar-refractivity contribution >= 4 is 45.4 Å². The molecule has 1 aromatic heterocycles. The maximum Gasteiger partial charge on any atom is 0.316 e. The lowest BCUT2D eigenvalue weighted by Gasteiger charge is -2.40. The summed E-state index contributed by atoms with van der Waals surface area (Å²) in [5, 5.41) is 31.5. The van der Waals surface area contributed by atoms with Crippen LogP contribution >= 0.6 is 11.8 Å². The Kier molecular flexibility index (Phi) is 5.32. The topological polar surface area (TPSA) is 205 Å². The molecule has 3 atom stereocenters. The molecule has 0 saturated carbocycles. The van der Waals surface area contributed by atoms with Gasteiger partial charge in [-0.1, -0.05) is 11.8 Å². The molecule has 2 aliphatic heterocycles. The molecule has 2 fully saturated rings. The normalized spacial score (nSPS) is 28.1. The molecule has 0 N–H and O–H groups in total. The zero-order valence-electron chi connectivity index (χ0n) is 15.4. The average molecular weight is 459 g/mol. The highest BCUT2D eigenvalue weighted by atomic mass is 32.2. The first-order valence-electron chi connectivity index (χ1n) is 8.12. The number of sulfone groups is 1. The first kappa shape index (κ1) is 21.7. The van der Waals surface area contributed by atoms with Crippen molar-refractivity contribution in [1.29, 1.82) is 0 Å². The second-order valence-corrected chi connectivity index (χ2v) is 10.0. The number of nitrogens with zero attached hydrogens (tertiary/aromatic N) is 5. The van der Waals surface area contributed by atoms with Crippen LogP contribution in [0.2, 0.25) is 0 Å². The number of amides is 1. The fraction of sp³-hybridized carbons (Fsp3) is 0.500. The van der Waals surface area contributed by atoms with Crippen molar-refractivity contribution in [2.75, 3.05) is 12.4 Å². The molecule has 0 bridgehead atoms. The lowest BCUT2D eigenvalue weighted by atomic mass is 9.94. The van der Waals surface area contributed by atoms with E-state index >= 15 is 0 Å². The van der Waals surface area contributed by atoms with E-state index in [1.807, 2.05) is 0 Å². The van der Waals surface area contributed by atoms with Gasteiger partial charge in [0, 0.05) is 7.05 Å². The number of tetrazole rings is 1. The van der Waals surface area contributed by atoms with Crippen LogP contribution < -0.4 is 10.2 Å². The van der Waals surface area contributed by atoms with Crippen LogP contribution in [-0.2, 0) is 40.8 Å². The molecule has 30 heavy (non-hydrogen) atoms. The fourth-order valence-electron chi connectivity index (χ4n) is 3.24. The number of esters is 1. The Morgan fingerprint density at radius 1 is 1.33 bits per heavy atom. The van der Waals surface area contributed by atoms with E-state index in [2.05, 4.69) is 15.5 Å². The molecular weight excluding hydrogens is 446 g/mol. The minimum absolute atomic E-state index is 0.283. The molecule has 1 aromatic rings. The summed E-state index contributed by atoms with van der Waals surface area (Å²) in [6.07, 6.45) is 0.302. The van der Waals surface area contributed by atoms with Crippen LogP contribution in [0.1, 0.15) is 6.92 Å². The van der Waals surface area contributed by atoms with Crippen molar-refractivity contribution in [2.24, 2.45) is 7.05 Å². The molecule has 14 nitrogen and oxygen atoms in total. The van der Waals surface area contributed by atoms with Crippen LogP contribution in [0.3, 0.4) is 0 Å². The van der Waals surface area contributed by atoms with Crippen LogP contribution in [0.25, 0.3) is 0 Å². The molecule has 16 heteroatoms. The summed E-state index contributed by atoms with van der Waals surface area (Å²) in [7, 11) is -2.97. The number of ether oxygens (including phenoxy) is 1. The lowest BCUT2D eigenvalue weighted by molar-refractivity contribution is -0.312. The number of rotatable bonds is 7. The molecule has 1 amide bonds. The fourth-order valence-corrected chi connectivity index (χ4v) is 6.16. The number of hydrogen-bond acceptors (Lipinski definition) is 13. The van der Waals surface area contributed by atoms with Crippen molar-refractivity contribution in [2.45, 2.75) is 28.2 Å². The molecular formula is C14H13N5O9S2-2. The highest BCUT2D eigenvalue weighted by Crippen LogP contribution is 2.48. The Morgan fingerprint density at radius 3 is 2.53 bits per heavy atom. The number of β-lactam (4-membered cyclic amide) rings is 1. The number of carbonyl (C=O) groups excluding carboxylic acids is 4. The van der Waals surface area contributed by atoms with Gasteiger partial charge in [-0.05, 0) is 23.4 Å². The van der Waals surface area contributed by atoms with Crippen LogP contribution in [0, 0.1) is 0 Å². The van der Waals surface area contributed by atoms with Crippen molar-refractivity contribution in [1.82, 2.24) is 25.1 Å². The number of carboxylic acid groups (broad SMARTS) is 2. The average Bonchev–Trinajstić information content (AvgIpc) is 3.12. The van der Waals surface area contributed by atoms with Crippen molar-refractivity contribution in [3.63, 3.8) is 0 Å². The van der Waals surface area contributed by atoms with Gasteiger partial charge in [-0.15, -0.1) is 5.10 Å². The maximum absolute atomic E-state index is 13.0. The van der Waals surface area contributed by atoms with Crippen molar-refractivity contribution < 1.29 is 42.5 Å². The van der Waals surface area contributed by atoms with E-state index in [1.54, 1.807) is 0 Å². The van der Waals surface area contributed by atoms with E-state index in [-0.39, 0.29) is 10.9 Å². The molecule has 2 saturated heterocycles. The van der Waals surface area contributed by atoms with Crippen LogP contribution in [-0.4, -0.2) is 85.9 Å². The largest absolute Gasteiger partial charge is 0.548 e. The van der Waals surface area contributed by atoms with Crippen LogP contribution in [0.5, 0.6) is 0 Å². The monoisotopic (exact) mass is 459 g/mol. The number of carbonyl (C=O) groups is 4. The third-order valence-electron chi connectivity index (χ3n) is 4.72. The van der Waals surface area contributed by atoms with E-state index < -0.39 is 62.0 Å². The van der Waals surface area contributed by atoms with E-state index in [0.717, 1.165) is 18.7 Å². The van der Waals surface area contributed by atoms with Gasteiger partial charge in [0.2, 0.25) is 5.16 Å². The summed E-state index contributed by atoms with van der Waals surface area (Å²) in [6, 6.07) is -1.98. The van der Waals surface area contributed by atoms with E-state index in [0.29, 0.717) is 11.0 Å². The van der Waals surface area contributed by atoms with Crippen LogP contribution in [0.4, 0.5) is 0 Å². The predicted molar refractivity (Wildman–Crippen MR) is 90.3 cm³/mol. The van der Waals surface area contributed by atoms with Gasteiger partial charge < -0.3 is 29.4 Å². The molecule has 3 heterocycles. The van der Waals surface area contributed by atoms with Gasteiger partial charge in [-0.25, -0.2) is 13.1 Å². The Balaban J connectivity index is 1.81. The van der Waals surface area contributed by atoms with Gasteiger partial charge in [-0.2, -0.15) is 0 Å². The van der Waals surface area contributed by atoms with Crippen LogP contribution in [0.15, 0.2) is 16.8 Å². The third kappa shape index (κ3) is 3.20. The third-order valence-corrected chi connectivity index (χ3v) is 8.41. The van der Waals surface area contributed by atoms with Crippen molar-refractivity contribution in [3.8, 4) is 0 Å². The number of thioether (sulfide) groups is 1. The summed E-state index contributed by atoms with van der Waals surface area (Å²) >= 11 is 0.900. The Bertz CT molecular complexity index is 1080. The molecule has 2 aliphatic rings. The van der Waals surface area contributed by atoms with E-state index in [1.165, 1.54) is 11.7 Å². The molecule has 1 unspecified atom stereocenters. The molecule has 0 spiro atoms. The first-order chi connectivity index (χ1) is 13.9. The van der Waals surface area contributed by atoms with Gasteiger partial charge in [0.15, 0.2) is 15.2 Å². The second-order valence-electron chi connectivity index (χ2n) is 6.60. The van der Waals surface area contributed by atoms with Gasteiger partial charge >= 0.3 is 5.97 Å². The number of fused-ring (bicyclic) bond motifs is 1. The van der Waals surface area contributed by atoms with Gasteiger partial charge in [0.25, 0.3) is 5.91 Å². The number of hydrogen-bond donors (Lipinski definition) is 0. The van der Waals surface area contributed by atoms with Gasteiger partial charge in [-0.3, -0.25) is 9.59 Å². The molecule has 0 aromatic carbocycles. The van der Waals surface area contributed by atoms with Gasteiger partial charge in [0.1, 0.15) is 11.4 Å². The number of aliphatic carboxylic acids is 2. The standard InChI is InChI=1S/C14H15N5O9S2/c1-14(5-28-8(22)4-29-13-15-16-17-18(13)2)9(12(24)25)19-10(23)6(3-7(20)21)11(19)30(14,26)27/h3,9,11H,4-5H2,1-2H3,(H,20,21)(H,24,25)/p-2/b6-3-/t9-,11?,14-/m0/s1. The zero-order valence-corrected chi connectivity index (χ0v) is 17.0. The molecule has 0 aliphatic carbocycles. The molecule has 0 radical (unpaired) electrons. The van der Waals surface area contributed by atoms with E-state index in [4.69, 9.17) is 4.74 Å². The highest BCUT2D eigenvalue weighted by Gasteiger charge is 2.70. The summed E-state index contributed by atoms with van der Waals surface area (Å²) in [5.41, 5.74) is -0.637. The minimum atomic E-state index is -4.51. The summed E-state index contributed by atoms with van der Waals surface area (Å²) in [5.74, 6) is -5.99. The summed E-state index contributed by atoms with van der Waals surface area (Å²) in [6.45, 7) is 0.0847. The lowest BCUT2D eigenvalue weighted by Crippen LogP contribution is -2.62. The second kappa shape index (κ2) is 7.35. The highest BCUT2D eigenvalue weighted by molar-refractivity contribution is 7.99. The Morgan fingerprint density at radius 2 is 2.00 bits per heavy atom. The Labute approximate surface area is 172 Å². The number of aromatic nitrogens is 4. The zero-order chi connectivity index (χ0) is 22.4. The number of aryl methyl sites for hydroxylation is 1. The van der Waals surface area contributed by atoms with E-state index in [9.17, 15) is 37.8 Å². The SMILES string of the molecule is Cn1nnnc1SCC(=O)OC[C@@]1(C)[C@H](C(=O)[O-])N2C(=O)/C(=C/C(=O)[O-])C2S1(=O)=O. The summed E-state index contributed by atoms with van der Waals surface area (Å²) in [4.78, 5) is 47.1. The smallest absolute Gasteiger partial charge is 0.316 e. The first-order valence-corrected chi connectivity index (χ1v) is 10.7. The quantitative estimate of drug-likeness (QED) is 0.162.